The average molecular weight is 327 g/mol. The van der Waals surface area contributed by atoms with Crippen molar-refractivity contribution in [2.24, 2.45) is 5.73 Å². The first kappa shape index (κ1) is 15.4. The average Bonchev–Trinajstić information content (AvgIpc) is 2.54. The van der Waals surface area contributed by atoms with Crippen LogP contribution in [0, 0.1) is 0 Å². The van der Waals surface area contributed by atoms with Crippen molar-refractivity contribution in [3.05, 3.63) is 52.2 Å². The fraction of sp³-hybridized carbons (Fsp3) is 0.0588. The van der Waals surface area contributed by atoms with Gasteiger partial charge in [-0.2, -0.15) is 0 Å². The number of phenols is 2. The van der Waals surface area contributed by atoms with Crippen molar-refractivity contribution in [3.8, 4) is 28.6 Å². The molecule has 0 saturated carbocycles. The molecule has 3 aromatic rings. The van der Waals surface area contributed by atoms with Crippen LogP contribution in [0.15, 0.2) is 45.6 Å². The number of carbonyl (C=O) groups is 1. The maximum atomic E-state index is 12.4. The molecule has 0 bridgehead atoms. The van der Waals surface area contributed by atoms with Gasteiger partial charge in [-0.1, -0.05) is 30.3 Å². The molecular weight excluding hydrogens is 314 g/mol. The molecule has 7 heteroatoms. The summed E-state index contributed by atoms with van der Waals surface area (Å²) < 4.78 is 5.58. The third-order valence-corrected chi connectivity index (χ3v) is 3.59. The van der Waals surface area contributed by atoms with E-state index in [-0.39, 0.29) is 22.3 Å². The molecule has 0 aliphatic rings. The van der Waals surface area contributed by atoms with Gasteiger partial charge in [-0.25, -0.2) is 0 Å². The molecule has 24 heavy (non-hydrogen) atoms. The van der Waals surface area contributed by atoms with Crippen LogP contribution in [0.4, 0.5) is 0 Å². The van der Waals surface area contributed by atoms with Gasteiger partial charge in [0, 0.05) is 17.2 Å². The number of primary amides is 1. The van der Waals surface area contributed by atoms with Gasteiger partial charge in [-0.3, -0.25) is 9.59 Å². The summed E-state index contributed by atoms with van der Waals surface area (Å²) in [6, 6.07) is 9.24. The first-order valence-corrected chi connectivity index (χ1v) is 6.97. The van der Waals surface area contributed by atoms with Crippen LogP contribution in [-0.4, -0.2) is 21.2 Å². The van der Waals surface area contributed by atoms with E-state index in [1.807, 2.05) is 0 Å². The highest BCUT2D eigenvalue weighted by atomic mass is 16.4. The van der Waals surface area contributed by atoms with Crippen LogP contribution in [0.2, 0.25) is 0 Å². The summed E-state index contributed by atoms with van der Waals surface area (Å²) in [5.74, 6) is -2.58. The highest BCUT2D eigenvalue weighted by Crippen LogP contribution is 2.38. The number of hydrogen-bond acceptors (Lipinski definition) is 6. The lowest BCUT2D eigenvalue weighted by Gasteiger charge is -2.11. The van der Waals surface area contributed by atoms with Gasteiger partial charge < -0.3 is 25.5 Å². The molecule has 0 radical (unpaired) electrons. The second kappa shape index (κ2) is 5.62. The van der Waals surface area contributed by atoms with Gasteiger partial charge in [0.25, 0.3) is 0 Å². The standard InChI is InChI=1S/C17H13NO6/c18-12(21)6-9-10(19)7-11(20)13-14(22)15(23)16(24-17(9)13)8-4-2-1-3-5-8/h1-5,7,19-20,23H,6H2,(H2,18,21). The molecule has 0 saturated heterocycles. The third-order valence-electron chi connectivity index (χ3n) is 3.59. The second-order valence-corrected chi connectivity index (χ2v) is 5.22. The quantitative estimate of drug-likeness (QED) is 0.577. The largest absolute Gasteiger partial charge is 0.507 e. The molecule has 1 aromatic heterocycles. The predicted octanol–water partition coefficient (Wildman–Crippen LogP) is 1.60. The van der Waals surface area contributed by atoms with E-state index >= 15 is 0 Å². The number of amides is 1. The number of rotatable bonds is 3. The van der Waals surface area contributed by atoms with Crippen molar-refractivity contribution in [2.75, 3.05) is 0 Å². The summed E-state index contributed by atoms with van der Waals surface area (Å²) in [4.78, 5) is 23.7. The monoisotopic (exact) mass is 327 g/mol. The van der Waals surface area contributed by atoms with Gasteiger partial charge in [0.15, 0.2) is 5.76 Å². The van der Waals surface area contributed by atoms with Crippen LogP contribution in [-0.2, 0) is 11.2 Å². The maximum Gasteiger partial charge on any atom is 0.238 e. The molecule has 7 nitrogen and oxygen atoms in total. The van der Waals surface area contributed by atoms with E-state index in [9.17, 15) is 24.9 Å². The minimum absolute atomic E-state index is 0.0374. The molecule has 0 aliphatic carbocycles. The highest BCUT2D eigenvalue weighted by molar-refractivity contribution is 5.93. The van der Waals surface area contributed by atoms with Gasteiger partial charge in [-0.15, -0.1) is 0 Å². The first-order valence-electron chi connectivity index (χ1n) is 6.97. The highest BCUT2D eigenvalue weighted by Gasteiger charge is 2.23. The Hall–Kier alpha value is -3.48. The topological polar surface area (TPSA) is 134 Å². The van der Waals surface area contributed by atoms with Crippen LogP contribution >= 0.6 is 0 Å². The number of benzene rings is 2. The van der Waals surface area contributed by atoms with Gasteiger partial charge in [-0.05, 0) is 0 Å². The van der Waals surface area contributed by atoms with Crippen molar-refractivity contribution < 1.29 is 24.5 Å². The number of nitrogens with two attached hydrogens (primary N) is 1. The fourth-order valence-electron chi connectivity index (χ4n) is 2.51. The lowest BCUT2D eigenvalue weighted by Crippen LogP contribution is -2.15. The number of phenolic OH excluding ortho intramolecular Hbond substituents is 2. The van der Waals surface area contributed by atoms with E-state index in [1.54, 1.807) is 30.3 Å². The van der Waals surface area contributed by atoms with E-state index in [4.69, 9.17) is 10.2 Å². The van der Waals surface area contributed by atoms with Crippen LogP contribution in [0.25, 0.3) is 22.3 Å². The van der Waals surface area contributed by atoms with Crippen molar-refractivity contribution >= 4 is 16.9 Å². The molecule has 0 fully saturated rings. The normalized spacial score (nSPS) is 10.8. The summed E-state index contributed by atoms with van der Waals surface area (Å²) in [6.45, 7) is 0. The smallest absolute Gasteiger partial charge is 0.238 e. The van der Waals surface area contributed by atoms with Crippen molar-refractivity contribution in [2.45, 2.75) is 6.42 Å². The summed E-state index contributed by atoms with van der Waals surface area (Å²) in [5.41, 5.74) is 4.46. The molecule has 1 heterocycles. The fourth-order valence-corrected chi connectivity index (χ4v) is 2.51. The van der Waals surface area contributed by atoms with Crippen molar-refractivity contribution in [1.82, 2.24) is 0 Å². The molecule has 0 atom stereocenters. The molecule has 0 spiro atoms. The Balaban J connectivity index is 2.45. The predicted molar refractivity (Wildman–Crippen MR) is 85.8 cm³/mol. The molecule has 3 rings (SSSR count). The third kappa shape index (κ3) is 2.41. The summed E-state index contributed by atoms with van der Waals surface area (Å²) in [5, 5.41) is 29.7. The van der Waals surface area contributed by atoms with Gasteiger partial charge in [0.2, 0.25) is 17.1 Å². The summed E-state index contributed by atoms with van der Waals surface area (Å²) in [7, 11) is 0. The van der Waals surface area contributed by atoms with Crippen LogP contribution in [0.5, 0.6) is 17.2 Å². The molecule has 0 aliphatic heterocycles. The van der Waals surface area contributed by atoms with E-state index < -0.39 is 35.0 Å². The maximum absolute atomic E-state index is 12.4. The zero-order valence-corrected chi connectivity index (χ0v) is 12.3. The zero-order chi connectivity index (χ0) is 17.4. The van der Waals surface area contributed by atoms with Crippen molar-refractivity contribution in [1.29, 1.82) is 0 Å². The molecule has 122 valence electrons. The Morgan fingerprint density at radius 3 is 2.38 bits per heavy atom. The molecule has 5 N–H and O–H groups in total. The van der Waals surface area contributed by atoms with Gasteiger partial charge in [0.05, 0.1) is 6.42 Å². The summed E-state index contributed by atoms with van der Waals surface area (Å²) in [6.07, 6.45) is -0.398. The zero-order valence-electron chi connectivity index (χ0n) is 12.3. The molecule has 0 unspecified atom stereocenters. The Labute approximate surface area is 135 Å². The number of carbonyl (C=O) groups excluding carboxylic acids is 1. The number of aromatic hydroxyl groups is 3. The SMILES string of the molecule is NC(=O)Cc1c(O)cc(O)c2c(=O)c(O)c(-c3ccccc3)oc12. The van der Waals surface area contributed by atoms with Crippen LogP contribution < -0.4 is 11.2 Å². The van der Waals surface area contributed by atoms with Crippen molar-refractivity contribution in [3.63, 3.8) is 0 Å². The van der Waals surface area contributed by atoms with Gasteiger partial charge in [0.1, 0.15) is 22.5 Å². The van der Waals surface area contributed by atoms with Crippen LogP contribution in [0.1, 0.15) is 5.56 Å². The van der Waals surface area contributed by atoms with Crippen LogP contribution in [0.3, 0.4) is 0 Å². The Bertz CT molecular complexity index is 1010. The minimum atomic E-state index is -0.877. The Morgan fingerprint density at radius 2 is 1.75 bits per heavy atom. The lowest BCUT2D eigenvalue weighted by atomic mass is 10.0. The Kier molecular flexibility index (Phi) is 3.61. The van der Waals surface area contributed by atoms with E-state index in [2.05, 4.69) is 0 Å². The lowest BCUT2D eigenvalue weighted by molar-refractivity contribution is -0.117. The summed E-state index contributed by atoms with van der Waals surface area (Å²) >= 11 is 0. The molecule has 1 amide bonds. The second-order valence-electron chi connectivity index (χ2n) is 5.22. The first-order chi connectivity index (χ1) is 11.4. The number of fused-ring (bicyclic) bond motifs is 1. The Morgan fingerprint density at radius 1 is 1.08 bits per heavy atom. The molecule has 2 aromatic carbocycles. The number of hydrogen-bond donors (Lipinski definition) is 4. The van der Waals surface area contributed by atoms with Gasteiger partial charge >= 0.3 is 0 Å². The van der Waals surface area contributed by atoms with E-state index in [0.29, 0.717) is 5.56 Å². The minimum Gasteiger partial charge on any atom is -0.507 e. The van der Waals surface area contributed by atoms with E-state index in [0.717, 1.165) is 6.07 Å². The van der Waals surface area contributed by atoms with E-state index in [1.165, 1.54) is 0 Å². The molecular formula is C17H13NO6.